The fraction of sp³-hybridized carbons (Fsp3) is 0.714. The molecule has 0 saturated heterocycles. The van der Waals surface area contributed by atoms with Crippen molar-refractivity contribution in [3.8, 4) is 0 Å². The Hall–Kier alpha value is -0.760. The van der Waals surface area contributed by atoms with Gasteiger partial charge in [0.15, 0.2) is 0 Å². The van der Waals surface area contributed by atoms with E-state index in [2.05, 4.69) is 18.3 Å². The predicted octanol–water partition coefficient (Wildman–Crippen LogP) is 3.65. The molecular formula is C14H23NO. The van der Waals surface area contributed by atoms with E-state index in [1.54, 1.807) is 0 Å². The summed E-state index contributed by atoms with van der Waals surface area (Å²) in [4.78, 5) is 0. The molecule has 2 unspecified atom stereocenters. The number of nitrogens with one attached hydrogen (secondary N) is 1. The van der Waals surface area contributed by atoms with Crippen molar-refractivity contribution in [2.45, 2.75) is 58.5 Å². The maximum atomic E-state index is 5.58. The summed E-state index contributed by atoms with van der Waals surface area (Å²) in [6.45, 7) is 5.25. The van der Waals surface area contributed by atoms with Crippen LogP contribution >= 0.6 is 0 Å². The molecule has 1 fully saturated rings. The van der Waals surface area contributed by atoms with E-state index < -0.39 is 0 Å². The highest BCUT2D eigenvalue weighted by Crippen LogP contribution is 2.23. The van der Waals surface area contributed by atoms with Gasteiger partial charge in [0.05, 0.1) is 6.54 Å². The summed E-state index contributed by atoms with van der Waals surface area (Å²) < 4.78 is 5.58. The van der Waals surface area contributed by atoms with Crippen LogP contribution < -0.4 is 5.32 Å². The van der Waals surface area contributed by atoms with E-state index in [1.165, 1.54) is 32.1 Å². The molecule has 0 aliphatic heterocycles. The number of hydrogen-bond donors (Lipinski definition) is 1. The summed E-state index contributed by atoms with van der Waals surface area (Å²) in [5.41, 5.74) is 0. The van der Waals surface area contributed by atoms with Gasteiger partial charge in [-0.1, -0.05) is 26.2 Å². The SMILES string of the molecule is Cc1ccc(CNC2CCCCCC2C)o1. The van der Waals surface area contributed by atoms with Crippen LogP contribution in [-0.4, -0.2) is 6.04 Å². The summed E-state index contributed by atoms with van der Waals surface area (Å²) >= 11 is 0. The molecule has 2 nitrogen and oxygen atoms in total. The topological polar surface area (TPSA) is 25.2 Å². The molecule has 0 bridgehead atoms. The minimum atomic E-state index is 0.674. The van der Waals surface area contributed by atoms with Crippen LogP contribution in [0.3, 0.4) is 0 Å². The maximum absolute atomic E-state index is 5.58. The van der Waals surface area contributed by atoms with Crippen LogP contribution in [0.4, 0.5) is 0 Å². The van der Waals surface area contributed by atoms with Crippen molar-refractivity contribution in [1.29, 1.82) is 0 Å². The number of furan rings is 1. The zero-order chi connectivity index (χ0) is 11.4. The van der Waals surface area contributed by atoms with E-state index in [4.69, 9.17) is 4.42 Å². The average molecular weight is 221 g/mol. The number of rotatable bonds is 3. The van der Waals surface area contributed by atoms with Gasteiger partial charge in [-0.25, -0.2) is 0 Å². The van der Waals surface area contributed by atoms with Crippen molar-refractivity contribution in [2.24, 2.45) is 5.92 Å². The van der Waals surface area contributed by atoms with Gasteiger partial charge in [-0.2, -0.15) is 0 Å². The van der Waals surface area contributed by atoms with Crippen LogP contribution in [0.15, 0.2) is 16.5 Å². The summed E-state index contributed by atoms with van der Waals surface area (Å²) in [5, 5.41) is 3.65. The summed E-state index contributed by atoms with van der Waals surface area (Å²) in [5.74, 6) is 2.87. The van der Waals surface area contributed by atoms with Gasteiger partial charge in [0.1, 0.15) is 11.5 Å². The van der Waals surface area contributed by atoms with E-state index >= 15 is 0 Å². The van der Waals surface area contributed by atoms with E-state index in [-0.39, 0.29) is 0 Å². The Bertz CT molecular complexity index is 318. The van der Waals surface area contributed by atoms with Gasteiger partial charge >= 0.3 is 0 Å². The predicted molar refractivity (Wildman–Crippen MR) is 66.3 cm³/mol. The molecule has 0 radical (unpaired) electrons. The maximum Gasteiger partial charge on any atom is 0.117 e. The van der Waals surface area contributed by atoms with Crippen molar-refractivity contribution >= 4 is 0 Å². The highest BCUT2D eigenvalue weighted by Gasteiger charge is 2.19. The van der Waals surface area contributed by atoms with Crippen molar-refractivity contribution in [2.75, 3.05) is 0 Å². The zero-order valence-corrected chi connectivity index (χ0v) is 10.5. The van der Waals surface area contributed by atoms with E-state index in [0.29, 0.717) is 6.04 Å². The summed E-state index contributed by atoms with van der Waals surface area (Å²) in [7, 11) is 0. The molecule has 1 N–H and O–H groups in total. The normalized spacial score (nSPS) is 26.6. The Morgan fingerprint density at radius 1 is 1.25 bits per heavy atom. The first-order valence-electron chi connectivity index (χ1n) is 6.54. The molecule has 16 heavy (non-hydrogen) atoms. The molecule has 1 saturated carbocycles. The highest BCUT2D eigenvalue weighted by atomic mass is 16.3. The summed E-state index contributed by atoms with van der Waals surface area (Å²) in [6, 6.07) is 4.78. The third-order valence-corrected chi connectivity index (χ3v) is 3.70. The van der Waals surface area contributed by atoms with Gasteiger partial charge in [-0.15, -0.1) is 0 Å². The van der Waals surface area contributed by atoms with E-state index in [9.17, 15) is 0 Å². The monoisotopic (exact) mass is 221 g/mol. The fourth-order valence-electron chi connectivity index (χ4n) is 2.61. The van der Waals surface area contributed by atoms with Crippen molar-refractivity contribution in [3.05, 3.63) is 23.7 Å². The third-order valence-electron chi connectivity index (χ3n) is 3.70. The van der Waals surface area contributed by atoms with Crippen LogP contribution in [0.5, 0.6) is 0 Å². The average Bonchev–Trinajstić information content (AvgIpc) is 2.56. The standard InChI is InChI=1S/C14H23NO/c1-11-6-4-3-5-7-14(11)15-10-13-9-8-12(2)16-13/h8-9,11,14-15H,3-7,10H2,1-2H3. The quantitative estimate of drug-likeness (QED) is 0.788. The molecule has 0 aromatic carbocycles. The lowest BCUT2D eigenvalue weighted by atomic mass is 9.97. The van der Waals surface area contributed by atoms with Crippen molar-refractivity contribution in [1.82, 2.24) is 5.32 Å². The fourth-order valence-corrected chi connectivity index (χ4v) is 2.61. The Morgan fingerprint density at radius 3 is 2.81 bits per heavy atom. The zero-order valence-electron chi connectivity index (χ0n) is 10.5. The molecule has 0 spiro atoms. The van der Waals surface area contributed by atoms with Crippen LogP contribution in [0.2, 0.25) is 0 Å². The van der Waals surface area contributed by atoms with E-state index in [0.717, 1.165) is 24.0 Å². The first-order valence-corrected chi connectivity index (χ1v) is 6.54. The van der Waals surface area contributed by atoms with Crippen LogP contribution in [0, 0.1) is 12.8 Å². The van der Waals surface area contributed by atoms with Crippen molar-refractivity contribution < 1.29 is 4.42 Å². The molecule has 1 aliphatic rings. The second-order valence-electron chi connectivity index (χ2n) is 5.12. The Kier molecular flexibility index (Phi) is 4.05. The van der Waals surface area contributed by atoms with E-state index in [1.807, 2.05) is 13.0 Å². The molecule has 1 aromatic heterocycles. The third kappa shape index (κ3) is 3.11. The van der Waals surface area contributed by atoms with Gasteiger partial charge < -0.3 is 9.73 Å². The second kappa shape index (κ2) is 5.53. The lowest BCUT2D eigenvalue weighted by Crippen LogP contribution is -2.33. The highest BCUT2D eigenvalue weighted by molar-refractivity contribution is 5.05. The molecule has 2 rings (SSSR count). The van der Waals surface area contributed by atoms with Crippen molar-refractivity contribution in [3.63, 3.8) is 0 Å². The Balaban J connectivity index is 1.83. The van der Waals surface area contributed by atoms with Gasteiger partial charge in [0.25, 0.3) is 0 Å². The molecule has 0 amide bonds. The molecule has 90 valence electrons. The molecule has 2 heteroatoms. The minimum absolute atomic E-state index is 0.674. The molecule has 1 heterocycles. The van der Waals surface area contributed by atoms with Gasteiger partial charge in [-0.05, 0) is 37.8 Å². The number of aryl methyl sites for hydroxylation is 1. The van der Waals surface area contributed by atoms with Crippen LogP contribution in [0.25, 0.3) is 0 Å². The molecule has 2 atom stereocenters. The molecular weight excluding hydrogens is 198 g/mol. The molecule has 1 aliphatic carbocycles. The first kappa shape index (κ1) is 11.7. The van der Waals surface area contributed by atoms with Gasteiger partial charge in [0, 0.05) is 6.04 Å². The van der Waals surface area contributed by atoms with Crippen LogP contribution in [0.1, 0.15) is 50.5 Å². The first-order chi connectivity index (χ1) is 7.75. The molecule has 1 aromatic rings. The smallest absolute Gasteiger partial charge is 0.117 e. The lowest BCUT2D eigenvalue weighted by molar-refractivity contribution is 0.339. The Morgan fingerprint density at radius 2 is 2.06 bits per heavy atom. The number of hydrogen-bond acceptors (Lipinski definition) is 2. The Labute approximate surface area is 98.4 Å². The largest absolute Gasteiger partial charge is 0.465 e. The van der Waals surface area contributed by atoms with Crippen LogP contribution in [-0.2, 0) is 6.54 Å². The minimum Gasteiger partial charge on any atom is -0.465 e. The lowest BCUT2D eigenvalue weighted by Gasteiger charge is -2.22. The van der Waals surface area contributed by atoms with Gasteiger partial charge in [-0.3, -0.25) is 0 Å². The summed E-state index contributed by atoms with van der Waals surface area (Å²) in [6.07, 6.45) is 6.87. The second-order valence-corrected chi connectivity index (χ2v) is 5.12. The van der Waals surface area contributed by atoms with Gasteiger partial charge in [0.2, 0.25) is 0 Å².